The highest BCUT2D eigenvalue weighted by Crippen LogP contribution is 2.14. The first kappa shape index (κ1) is 18.4. The summed E-state index contributed by atoms with van der Waals surface area (Å²) in [6.45, 7) is 3.90. The summed E-state index contributed by atoms with van der Waals surface area (Å²) in [6, 6.07) is 8.89. The normalized spacial score (nSPS) is 11.8. The average molecular weight is 368 g/mol. The molecule has 0 fully saturated rings. The minimum absolute atomic E-state index is 0.133. The molecule has 1 aromatic carbocycles. The Morgan fingerprint density at radius 1 is 1.33 bits per heavy atom. The van der Waals surface area contributed by atoms with Crippen LogP contribution in [0.15, 0.2) is 34.9 Å². The molecule has 2 aromatic rings. The fourth-order valence-electron chi connectivity index (χ4n) is 1.78. The van der Waals surface area contributed by atoms with Crippen molar-refractivity contribution in [2.75, 3.05) is 11.1 Å². The second-order valence-electron chi connectivity index (χ2n) is 5.17. The lowest BCUT2D eigenvalue weighted by Gasteiger charge is -2.10. The van der Waals surface area contributed by atoms with Gasteiger partial charge in [0.1, 0.15) is 5.76 Å². The number of benzene rings is 1. The van der Waals surface area contributed by atoms with Crippen molar-refractivity contribution in [3.63, 3.8) is 0 Å². The SMILES string of the molecule is Cc1cc(NC(=O)[C@@H](C)SCC(=O)NCc2ccc(Cl)cc2)no1. The highest BCUT2D eigenvalue weighted by Gasteiger charge is 2.16. The van der Waals surface area contributed by atoms with Crippen molar-refractivity contribution in [2.45, 2.75) is 25.6 Å². The van der Waals surface area contributed by atoms with Crippen molar-refractivity contribution < 1.29 is 14.1 Å². The first-order chi connectivity index (χ1) is 11.4. The third kappa shape index (κ3) is 5.90. The molecule has 2 N–H and O–H groups in total. The lowest BCUT2D eigenvalue weighted by atomic mass is 10.2. The monoisotopic (exact) mass is 367 g/mol. The standard InChI is InChI=1S/C16H18ClN3O3S/c1-10-7-14(20-23-10)19-16(22)11(2)24-9-15(21)18-8-12-3-5-13(17)6-4-12/h3-7,11H,8-9H2,1-2H3,(H,18,21)(H,19,20,22)/t11-/m1/s1. The molecular formula is C16H18ClN3O3S. The predicted octanol–water partition coefficient (Wildman–Crippen LogP) is 3.01. The number of hydrogen-bond donors (Lipinski definition) is 2. The van der Waals surface area contributed by atoms with Gasteiger partial charge in [0.05, 0.1) is 11.0 Å². The van der Waals surface area contributed by atoms with Crippen molar-refractivity contribution in [2.24, 2.45) is 0 Å². The Labute approximate surface area is 149 Å². The van der Waals surface area contributed by atoms with Crippen LogP contribution in [-0.2, 0) is 16.1 Å². The molecule has 24 heavy (non-hydrogen) atoms. The molecule has 0 saturated carbocycles. The third-order valence-electron chi connectivity index (χ3n) is 3.12. The molecule has 8 heteroatoms. The summed E-state index contributed by atoms with van der Waals surface area (Å²) >= 11 is 7.06. The molecular weight excluding hydrogens is 350 g/mol. The molecule has 0 aliphatic carbocycles. The maximum absolute atomic E-state index is 12.0. The van der Waals surface area contributed by atoms with Gasteiger partial charge in [0, 0.05) is 17.6 Å². The van der Waals surface area contributed by atoms with E-state index in [2.05, 4.69) is 15.8 Å². The second-order valence-corrected chi connectivity index (χ2v) is 6.93. The van der Waals surface area contributed by atoms with Crippen LogP contribution < -0.4 is 10.6 Å². The maximum Gasteiger partial charge on any atom is 0.238 e. The third-order valence-corrected chi connectivity index (χ3v) is 4.51. The molecule has 6 nitrogen and oxygen atoms in total. The van der Waals surface area contributed by atoms with Gasteiger partial charge < -0.3 is 15.2 Å². The largest absolute Gasteiger partial charge is 0.360 e. The number of nitrogens with one attached hydrogen (secondary N) is 2. The van der Waals surface area contributed by atoms with Crippen LogP contribution in [-0.4, -0.2) is 28.0 Å². The van der Waals surface area contributed by atoms with Crippen molar-refractivity contribution in [3.05, 3.63) is 46.7 Å². The lowest BCUT2D eigenvalue weighted by molar-refractivity contribution is -0.118. The van der Waals surface area contributed by atoms with Crippen LogP contribution in [0.2, 0.25) is 5.02 Å². The minimum Gasteiger partial charge on any atom is -0.360 e. The van der Waals surface area contributed by atoms with E-state index in [4.69, 9.17) is 16.1 Å². The summed E-state index contributed by atoms with van der Waals surface area (Å²) in [7, 11) is 0. The van der Waals surface area contributed by atoms with E-state index in [1.807, 2.05) is 12.1 Å². The number of aromatic nitrogens is 1. The van der Waals surface area contributed by atoms with Gasteiger partial charge in [-0.15, -0.1) is 11.8 Å². The van der Waals surface area contributed by atoms with Gasteiger partial charge in [-0.25, -0.2) is 0 Å². The first-order valence-electron chi connectivity index (χ1n) is 7.31. The van der Waals surface area contributed by atoms with E-state index in [1.165, 1.54) is 11.8 Å². The van der Waals surface area contributed by atoms with Gasteiger partial charge in [-0.2, -0.15) is 0 Å². The summed E-state index contributed by atoms with van der Waals surface area (Å²) in [5.74, 6) is 0.829. The summed E-state index contributed by atoms with van der Waals surface area (Å²) in [5.41, 5.74) is 0.963. The Bertz CT molecular complexity index is 703. The maximum atomic E-state index is 12.0. The van der Waals surface area contributed by atoms with Gasteiger partial charge >= 0.3 is 0 Å². The van der Waals surface area contributed by atoms with Gasteiger partial charge in [0.25, 0.3) is 0 Å². The summed E-state index contributed by atoms with van der Waals surface area (Å²) in [5, 5.41) is 9.41. The van der Waals surface area contributed by atoms with Gasteiger partial charge in [0.2, 0.25) is 11.8 Å². The molecule has 2 rings (SSSR count). The number of anilines is 1. The van der Waals surface area contributed by atoms with E-state index in [0.717, 1.165) is 5.56 Å². The molecule has 0 spiro atoms. The Hall–Kier alpha value is -1.99. The zero-order valence-corrected chi connectivity index (χ0v) is 14.9. The first-order valence-corrected chi connectivity index (χ1v) is 8.73. The quantitative estimate of drug-likeness (QED) is 0.785. The van der Waals surface area contributed by atoms with E-state index in [-0.39, 0.29) is 22.8 Å². The molecule has 0 radical (unpaired) electrons. The molecule has 0 aliphatic heterocycles. The fraction of sp³-hybridized carbons (Fsp3) is 0.312. The number of thioether (sulfide) groups is 1. The number of aryl methyl sites for hydroxylation is 1. The molecule has 128 valence electrons. The topological polar surface area (TPSA) is 84.2 Å². The van der Waals surface area contributed by atoms with Gasteiger partial charge in [-0.3, -0.25) is 9.59 Å². The summed E-state index contributed by atoms with van der Waals surface area (Å²) in [6.07, 6.45) is 0. The average Bonchev–Trinajstić information content (AvgIpc) is 2.96. The zero-order chi connectivity index (χ0) is 17.5. The van der Waals surface area contributed by atoms with Crippen LogP contribution in [0.1, 0.15) is 18.2 Å². The smallest absolute Gasteiger partial charge is 0.238 e. The van der Waals surface area contributed by atoms with Gasteiger partial charge in [-0.05, 0) is 31.5 Å². The van der Waals surface area contributed by atoms with E-state index < -0.39 is 0 Å². The van der Waals surface area contributed by atoms with E-state index >= 15 is 0 Å². The molecule has 0 unspecified atom stereocenters. The molecule has 1 atom stereocenters. The van der Waals surface area contributed by atoms with Crippen molar-refractivity contribution >= 4 is 41.0 Å². The Morgan fingerprint density at radius 2 is 2.04 bits per heavy atom. The molecule has 2 amide bonds. The highest BCUT2D eigenvalue weighted by molar-refractivity contribution is 8.01. The van der Waals surface area contributed by atoms with Crippen LogP contribution in [0, 0.1) is 6.92 Å². The van der Waals surface area contributed by atoms with Crippen LogP contribution in [0.3, 0.4) is 0 Å². The number of rotatable bonds is 7. The Kier molecular flexibility index (Phi) is 6.69. The number of carbonyl (C=O) groups is 2. The van der Waals surface area contributed by atoms with E-state index in [0.29, 0.717) is 23.1 Å². The van der Waals surface area contributed by atoms with Crippen LogP contribution >= 0.6 is 23.4 Å². The van der Waals surface area contributed by atoms with Crippen LogP contribution in [0.4, 0.5) is 5.82 Å². The van der Waals surface area contributed by atoms with E-state index in [9.17, 15) is 9.59 Å². The Morgan fingerprint density at radius 3 is 2.67 bits per heavy atom. The zero-order valence-electron chi connectivity index (χ0n) is 13.3. The summed E-state index contributed by atoms with van der Waals surface area (Å²) in [4.78, 5) is 23.8. The minimum atomic E-state index is -0.386. The molecule has 0 saturated heterocycles. The van der Waals surface area contributed by atoms with E-state index in [1.54, 1.807) is 32.0 Å². The number of hydrogen-bond acceptors (Lipinski definition) is 5. The number of amides is 2. The lowest BCUT2D eigenvalue weighted by Crippen LogP contribution is -2.28. The van der Waals surface area contributed by atoms with Crippen LogP contribution in [0.5, 0.6) is 0 Å². The molecule has 0 bridgehead atoms. The van der Waals surface area contributed by atoms with Crippen molar-refractivity contribution in [1.82, 2.24) is 10.5 Å². The molecule has 0 aliphatic rings. The second kappa shape index (κ2) is 8.75. The molecule has 1 heterocycles. The number of nitrogens with zero attached hydrogens (tertiary/aromatic N) is 1. The number of halogens is 1. The van der Waals surface area contributed by atoms with Gasteiger partial charge in [0.15, 0.2) is 5.82 Å². The van der Waals surface area contributed by atoms with Gasteiger partial charge in [-0.1, -0.05) is 28.9 Å². The Balaban J connectivity index is 1.70. The van der Waals surface area contributed by atoms with Crippen LogP contribution in [0.25, 0.3) is 0 Å². The number of carbonyl (C=O) groups excluding carboxylic acids is 2. The predicted molar refractivity (Wildman–Crippen MR) is 95.1 cm³/mol. The van der Waals surface area contributed by atoms with Crippen molar-refractivity contribution in [3.8, 4) is 0 Å². The highest BCUT2D eigenvalue weighted by atomic mass is 35.5. The van der Waals surface area contributed by atoms with Crippen molar-refractivity contribution in [1.29, 1.82) is 0 Å². The fourth-order valence-corrected chi connectivity index (χ4v) is 2.62. The molecule has 1 aromatic heterocycles. The summed E-state index contributed by atoms with van der Waals surface area (Å²) < 4.78 is 4.88.